The van der Waals surface area contributed by atoms with Crippen LogP contribution in [0, 0.1) is 0 Å². The Morgan fingerprint density at radius 3 is 0.577 bits per heavy atom. The van der Waals surface area contributed by atoms with Crippen molar-refractivity contribution in [3.8, 4) is 0 Å². The van der Waals surface area contributed by atoms with Gasteiger partial charge in [-0.25, -0.2) is 0 Å². The monoisotopic (exact) mass is 1000 g/mol. The fraction of sp³-hybridized carbons (Fsp3) is 0.830. The van der Waals surface area contributed by atoms with E-state index >= 15 is 0 Å². The highest BCUT2D eigenvalue weighted by molar-refractivity contribution is 6.04. The van der Waals surface area contributed by atoms with Crippen LogP contribution < -0.4 is 79.8 Å². The van der Waals surface area contributed by atoms with Crippen molar-refractivity contribution in [3.63, 3.8) is 0 Å². The minimum Gasteiger partial charge on any atom is -0.352 e. The van der Waals surface area contributed by atoms with Crippen LogP contribution in [-0.2, 0) is 0 Å². The Bertz CT molecular complexity index is 1280. The van der Waals surface area contributed by atoms with Crippen LogP contribution in [0.5, 0.6) is 0 Å². The van der Waals surface area contributed by atoms with E-state index in [0.29, 0.717) is 36.3 Å². The summed E-state index contributed by atoms with van der Waals surface area (Å²) in [5.41, 5.74) is 0.948. The Labute approximate surface area is 432 Å². The van der Waals surface area contributed by atoms with Crippen LogP contribution in [0.1, 0.15) is 140 Å². The average Bonchev–Trinajstić information content (AvgIpc) is 3.38. The van der Waals surface area contributed by atoms with Crippen LogP contribution in [0.15, 0.2) is 18.2 Å². The molecule has 15 N–H and O–H groups in total. The lowest BCUT2D eigenvalue weighted by molar-refractivity contribution is 0.0952. The lowest BCUT2D eigenvalue weighted by Crippen LogP contribution is -2.30. The molecule has 0 spiro atoms. The standard InChI is InChI=1S/C53H109N15O3/c1-54-21-14-31-57-24-4-6-26-59-34-17-36-61-28-8-11-42-66-51(69)48-45-49(52(70)67-43-12-9-29-62-37-18-35-60-27-7-5-25-58-32-15-22-55-2)47-50(46-48)53(71)68-44-13-10-30-63-38-19-40-65-41-20-39-64-33-16-23-56-3/h45-47,54-65H,4-44H2,1-3H3,(H,66,69)(H,67,70)(H,68,71). The Morgan fingerprint density at radius 1 is 0.239 bits per heavy atom. The number of unbranched alkanes of at least 4 members (excludes halogenated alkanes) is 5. The molecule has 0 saturated carbocycles. The zero-order chi connectivity index (χ0) is 51.2. The van der Waals surface area contributed by atoms with Gasteiger partial charge in [0.25, 0.3) is 17.7 Å². The Morgan fingerprint density at radius 2 is 0.394 bits per heavy atom. The van der Waals surface area contributed by atoms with Gasteiger partial charge in [0.05, 0.1) is 0 Å². The number of nitrogens with one attached hydrogen (secondary N) is 15. The minimum atomic E-state index is -0.282. The number of carbonyl (C=O) groups is 3. The van der Waals surface area contributed by atoms with E-state index in [1.54, 1.807) is 18.2 Å². The Balaban J connectivity index is 2.41. The van der Waals surface area contributed by atoms with Crippen LogP contribution in [0.2, 0.25) is 0 Å². The van der Waals surface area contributed by atoms with Gasteiger partial charge in [-0.15, -0.1) is 0 Å². The molecule has 0 bridgehead atoms. The summed E-state index contributed by atoms with van der Waals surface area (Å²) in [6.45, 7) is 22.9. The third-order valence-corrected chi connectivity index (χ3v) is 12.0. The second kappa shape index (κ2) is 53.4. The quantitative estimate of drug-likeness (QED) is 0.0415. The Hall–Kier alpha value is -2.85. The van der Waals surface area contributed by atoms with Crippen molar-refractivity contribution in [1.82, 2.24) is 79.8 Å². The summed E-state index contributed by atoms with van der Waals surface area (Å²) in [6, 6.07) is 4.81. The molecule has 1 aromatic rings. The first-order valence-corrected chi connectivity index (χ1v) is 28.3. The molecule has 18 heteroatoms. The molecule has 0 aliphatic carbocycles. The number of amides is 3. The molecule has 0 aliphatic heterocycles. The maximum atomic E-state index is 13.4. The lowest BCUT2D eigenvalue weighted by Gasteiger charge is -2.12. The van der Waals surface area contributed by atoms with Crippen molar-refractivity contribution in [2.45, 2.75) is 109 Å². The highest BCUT2D eigenvalue weighted by Crippen LogP contribution is 2.12. The first-order valence-electron chi connectivity index (χ1n) is 28.3. The SMILES string of the molecule is CNCCCNCCCCNCCCNCCCCNC(=O)c1cc(C(=O)NCCCCNCCCNCCCCNCCCNC)cc(C(=O)NCCCCNCCCNCCCNCCCNC)c1. The van der Waals surface area contributed by atoms with Gasteiger partial charge in [0.15, 0.2) is 0 Å². The van der Waals surface area contributed by atoms with Gasteiger partial charge in [0.2, 0.25) is 0 Å². The van der Waals surface area contributed by atoms with E-state index in [0.717, 1.165) is 208 Å². The summed E-state index contributed by atoms with van der Waals surface area (Å²) in [5, 5.41) is 50.1. The van der Waals surface area contributed by atoms with Crippen LogP contribution in [0.4, 0.5) is 0 Å². The zero-order valence-electron chi connectivity index (χ0n) is 45.4. The van der Waals surface area contributed by atoms with Crippen LogP contribution in [0.25, 0.3) is 0 Å². The maximum absolute atomic E-state index is 13.4. The van der Waals surface area contributed by atoms with Crippen molar-refractivity contribution < 1.29 is 14.4 Å². The average molecular weight is 1000 g/mol. The van der Waals surface area contributed by atoms with Crippen molar-refractivity contribution in [1.29, 1.82) is 0 Å². The lowest BCUT2D eigenvalue weighted by atomic mass is 10.0. The molecule has 0 aromatic heterocycles. The topological polar surface area (TPSA) is 232 Å². The summed E-state index contributed by atoms with van der Waals surface area (Å²) in [7, 11) is 5.97. The van der Waals surface area contributed by atoms with E-state index in [2.05, 4.69) is 79.8 Å². The van der Waals surface area contributed by atoms with E-state index in [1.807, 2.05) is 21.1 Å². The molecule has 0 unspecified atom stereocenters. The highest BCUT2D eigenvalue weighted by atomic mass is 16.2. The van der Waals surface area contributed by atoms with E-state index in [4.69, 9.17) is 0 Å². The fourth-order valence-corrected chi connectivity index (χ4v) is 7.71. The van der Waals surface area contributed by atoms with Gasteiger partial charge in [-0.1, -0.05) is 0 Å². The molecule has 0 atom stereocenters. The fourth-order valence-electron chi connectivity index (χ4n) is 7.71. The maximum Gasteiger partial charge on any atom is 0.251 e. The van der Waals surface area contributed by atoms with Gasteiger partial charge < -0.3 is 79.8 Å². The second-order valence-electron chi connectivity index (χ2n) is 18.6. The predicted octanol–water partition coefficient (Wildman–Crippen LogP) is 1.47. The molecule has 0 aliphatic rings. The van der Waals surface area contributed by atoms with Crippen LogP contribution >= 0.6 is 0 Å². The summed E-state index contributed by atoms with van der Waals surface area (Å²) in [6.07, 6.45) is 17.9. The van der Waals surface area contributed by atoms with Gasteiger partial charge in [0.1, 0.15) is 0 Å². The summed E-state index contributed by atoms with van der Waals surface area (Å²) >= 11 is 0. The van der Waals surface area contributed by atoms with Crippen molar-refractivity contribution in [2.75, 3.05) is 178 Å². The van der Waals surface area contributed by atoms with E-state index in [9.17, 15) is 14.4 Å². The summed E-state index contributed by atoms with van der Waals surface area (Å²) in [5.74, 6) is -0.844. The molecule has 0 fully saturated rings. The number of benzene rings is 1. The van der Waals surface area contributed by atoms with Gasteiger partial charge in [0, 0.05) is 36.3 Å². The number of hydrogen-bond donors (Lipinski definition) is 15. The zero-order valence-corrected chi connectivity index (χ0v) is 45.4. The van der Waals surface area contributed by atoms with Crippen molar-refractivity contribution >= 4 is 17.7 Å². The molecule has 0 radical (unpaired) electrons. The van der Waals surface area contributed by atoms with Crippen molar-refractivity contribution in [2.24, 2.45) is 0 Å². The molecule has 18 nitrogen and oxygen atoms in total. The molecule has 1 aromatic carbocycles. The predicted molar refractivity (Wildman–Crippen MR) is 300 cm³/mol. The number of carbonyl (C=O) groups excluding carboxylic acids is 3. The third kappa shape index (κ3) is 44.4. The molecule has 3 amide bonds. The second-order valence-corrected chi connectivity index (χ2v) is 18.6. The number of hydrogen-bond acceptors (Lipinski definition) is 15. The third-order valence-electron chi connectivity index (χ3n) is 12.0. The first kappa shape index (κ1) is 66.2. The molecular weight excluding hydrogens is 895 g/mol. The highest BCUT2D eigenvalue weighted by Gasteiger charge is 2.16. The van der Waals surface area contributed by atoms with E-state index in [-0.39, 0.29) is 17.7 Å². The van der Waals surface area contributed by atoms with Gasteiger partial charge >= 0.3 is 0 Å². The molecule has 71 heavy (non-hydrogen) atoms. The number of rotatable bonds is 56. The van der Waals surface area contributed by atoms with E-state index in [1.165, 1.54) is 38.5 Å². The Kier molecular flexibility index (Phi) is 49.8. The van der Waals surface area contributed by atoms with Gasteiger partial charge in [-0.05, 0) is 286 Å². The molecule has 1 rings (SSSR count). The summed E-state index contributed by atoms with van der Waals surface area (Å²) in [4.78, 5) is 40.2. The van der Waals surface area contributed by atoms with Gasteiger partial charge in [-0.2, -0.15) is 0 Å². The molecule has 0 heterocycles. The first-order chi connectivity index (χ1) is 35.0. The smallest absolute Gasteiger partial charge is 0.251 e. The molecular formula is C53H109N15O3. The van der Waals surface area contributed by atoms with Crippen molar-refractivity contribution in [3.05, 3.63) is 34.9 Å². The van der Waals surface area contributed by atoms with Crippen LogP contribution in [-0.4, -0.2) is 196 Å². The molecule has 0 saturated heterocycles. The normalized spacial score (nSPS) is 11.4. The largest absolute Gasteiger partial charge is 0.352 e. The molecule has 414 valence electrons. The summed E-state index contributed by atoms with van der Waals surface area (Å²) < 4.78 is 0. The van der Waals surface area contributed by atoms with Gasteiger partial charge in [-0.3, -0.25) is 14.4 Å². The van der Waals surface area contributed by atoms with E-state index < -0.39 is 0 Å². The minimum absolute atomic E-state index is 0.281. The van der Waals surface area contributed by atoms with Crippen LogP contribution in [0.3, 0.4) is 0 Å².